The number of amides is 2. The number of piperazine rings is 1. The molecule has 3 rings (SSSR count). The lowest BCUT2D eigenvalue weighted by atomic mass is 10.1. The summed E-state index contributed by atoms with van der Waals surface area (Å²) in [5.74, 6) is 0.495. The highest BCUT2D eigenvalue weighted by Crippen LogP contribution is 2.25. The van der Waals surface area contributed by atoms with E-state index in [9.17, 15) is 14.4 Å². The van der Waals surface area contributed by atoms with Crippen molar-refractivity contribution < 1.29 is 14.4 Å². The quantitative estimate of drug-likeness (QED) is 0.468. The van der Waals surface area contributed by atoms with Crippen molar-refractivity contribution in [1.82, 2.24) is 14.8 Å². The predicted molar refractivity (Wildman–Crippen MR) is 119 cm³/mol. The van der Waals surface area contributed by atoms with Crippen molar-refractivity contribution in [3.63, 3.8) is 0 Å². The lowest BCUT2D eigenvalue weighted by Gasteiger charge is -2.35. The van der Waals surface area contributed by atoms with Crippen molar-refractivity contribution in [2.24, 2.45) is 0 Å². The Hall–Kier alpha value is -2.13. The van der Waals surface area contributed by atoms with Crippen LogP contribution in [0.5, 0.6) is 0 Å². The Morgan fingerprint density at radius 3 is 2.34 bits per heavy atom. The van der Waals surface area contributed by atoms with Gasteiger partial charge in [-0.25, -0.2) is 4.98 Å². The zero-order valence-electron chi connectivity index (χ0n) is 16.3. The Kier molecular flexibility index (Phi) is 7.88. The molecule has 1 aromatic carbocycles. The molecule has 0 saturated carbocycles. The van der Waals surface area contributed by atoms with Crippen molar-refractivity contribution in [3.05, 3.63) is 24.3 Å². The summed E-state index contributed by atoms with van der Waals surface area (Å²) in [6.45, 7) is 2.41. The Labute approximate surface area is 179 Å². The van der Waals surface area contributed by atoms with Gasteiger partial charge >= 0.3 is 0 Å². The van der Waals surface area contributed by atoms with Crippen molar-refractivity contribution in [2.45, 2.75) is 25.7 Å². The molecule has 2 amide bonds. The first-order chi connectivity index (χ1) is 14.1. The van der Waals surface area contributed by atoms with E-state index >= 15 is 0 Å². The van der Waals surface area contributed by atoms with E-state index in [-0.39, 0.29) is 29.9 Å². The molecule has 0 aliphatic carbocycles. The van der Waals surface area contributed by atoms with Gasteiger partial charge in [-0.3, -0.25) is 14.4 Å². The van der Waals surface area contributed by atoms with Gasteiger partial charge in [0.2, 0.25) is 11.8 Å². The molecule has 1 aliphatic rings. The van der Waals surface area contributed by atoms with Crippen LogP contribution in [0.4, 0.5) is 5.13 Å². The van der Waals surface area contributed by atoms with E-state index in [2.05, 4.69) is 22.9 Å². The van der Waals surface area contributed by atoms with Crippen LogP contribution in [-0.2, 0) is 14.4 Å². The number of hydrogen-bond acceptors (Lipinski definition) is 7. The van der Waals surface area contributed by atoms with Gasteiger partial charge < -0.3 is 15.1 Å². The van der Waals surface area contributed by atoms with Crippen LogP contribution in [0.3, 0.4) is 0 Å². The molecular formula is C20H26N4O3S2. The number of Topliss-reactive ketones (excluding diaryl/α,β-unsaturated/α-hetero) is 1. The molecule has 0 radical (unpaired) electrons. The van der Waals surface area contributed by atoms with E-state index in [1.54, 1.807) is 4.90 Å². The van der Waals surface area contributed by atoms with Crippen LogP contribution in [0.1, 0.15) is 25.7 Å². The van der Waals surface area contributed by atoms with Crippen LogP contribution < -0.4 is 5.32 Å². The SMILES string of the molecule is O=C(CS)CCCCC(=O)N1CCN(C(=O)CNc2nc3ccccc3s2)CC1. The lowest BCUT2D eigenvalue weighted by Crippen LogP contribution is -2.51. The highest BCUT2D eigenvalue weighted by molar-refractivity contribution is 7.81. The summed E-state index contributed by atoms with van der Waals surface area (Å²) >= 11 is 5.48. The minimum atomic E-state index is 0.0154. The molecule has 1 N–H and O–H groups in total. The fourth-order valence-corrected chi connectivity index (χ4v) is 4.27. The molecule has 1 fully saturated rings. The minimum Gasteiger partial charge on any atom is -0.352 e. The van der Waals surface area contributed by atoms with Crippen molar-refractivity contribution >= 4 is 56.9 Å². The summed E-state index contributed by atoms with van der Waals surface area (Å²) in [5, 5.41) is 3.86. The molecule has 156 valence electrons. The Morgan fingerprint density at radius 1 is 1.00 bits per heavy atom. The number of nitrogens with one attached hydrogen (secondary N) is 1. The molecular weight excluding hydrogens is 408 g/mol. The molecule has 0 atom stereocenters. The van der Waals surface area contributed by atoms with Crippen LogP contribution in [-0.4, -0.2) is 70.9 Å². The monoisotopic (exact) mass is 434 g/mol. The number of anilines is 1. The third kappa shape index (κ3) is 6.17. The summed E-state index contributed by atoms with van der Waals surface area (Å²) in [6, 6.07) is 7.87. The first-order valence-electron chi connectivity index (χ1n) is 9.84. The minimum absolute atomic E-state index is 0.0154. The molecule has 2 heterocycles. The van der Waals surface area contributed by atoms with E-state index in [4.69, 9.17) is 0 Å². The van der Waals surface area contributed by atoms with Crippen LogP contribution in [0.2, 0.25) is 0 Å². The topological polar surface area (TPSA) is 82.6 Å². The molecule has 1 aliphatic heterocycles. The number of thiol groups is 1. The number of aromatic nitrogens is 1. The number of carbonyl (C=O) groups is 3. The number of rotatable bonds is 9. The van der Waals surface area contributed by atoms with Gasteiger partial charge in [-0.15, -0.1) is 0 Å². The molecule has 1 aromatic heterocycles. The van der Waals surface area contributed by atoms with E-state index in [1.807, 2.05) is 29.2 Å². The van der Waals surface area contributed by atoms with Crippen molar-refractivity contribution in [3.8, 4) is 0 Å². The maximum absolute atomic E-state index is 12.5. The number of fused-ring (bicyclic) bond motifs is 1. The second kappa shape index (κ2) is 10.6. The van der Waals surface area contributed by atoms with Gasteiger partial charge in [-0.05, 0) is 25.0 Å². The molecule has 0 bridgehead atoms. The number of thiazole rings is 1. The predicted octanol–water partition coefficient (Wildman–Crippen LogP) is 2.44. The summed E-state index contributed by atoms with van der Waals surface area (Å²) in [5.41, 5.74) is 0.926. The fraction of sp³-hybridized carbons (Fsp3) is 0.500. The van der Waals surface area contributed by atoms with Gasteiger partial charge in [-0.1, -0.05) is 23.5 Å². The van der Waals surface area contributed by atoms with Gasteiger partial charge in [0.25, 0.3) is 0 Å². The number of unbranched alkanes of at least 4 members (excludes halogenated alkanes) is 1. The smallest absolute Gasteiger partial charge is 0.242 e. The summed E-state index contributed by atoms with van der Waals surface area (Å²) in [6.07, 6.45) is 2.37. The van der Waals surface area contributed by atoms with E-state index in [0.717, 1.165) is 21.8 Å². The molecule has 9 heteroatoms. The molecule has 0 spiro atoms. The van der Waals surface area contributed by atoms with E-state index in [0.29, 0.717) is 45.4 Å². The number of benzene rings is 1. The molecule has 2 aromatic rings. The number of hydrogen-bond donors (Lipinski definition) is 2. The first kappa shape index (κ1) is 21.6. The van der Waals surface area contributed by atoms with Gasteiger partial charge in [0.05, 0.1) is 16.8 Å². The van der Waals surface area contributed by atoms with Gasteiger partial charge in [0.1, 0.15) is 5.78 Å². The maximum Gasteiger partial charge on any atom is 0.242 e. The standard InChI is InChI=1S/C20H26N4O3S2/c25-15(14-28)5-1-4-8-18(26)23-9-11-24(12-10-23)19(27)13-21-20-22-16-6-2-3-7-17(16)29-20/h2-3,6-7,28H,1,4-5,8-14H2,(H,21,22). The second-order valence-electron chi connectivity index (χ2n) is 7.01. The summed E-state index contributed by atoms with van der Waals surface area (Å²) < 4.78 is 1.09. The Morgan fingerprint density at radius 2 is 1.66 bits per heavy atom. The number of para-hydroxylation sites is 1. The van der Waals surface area contributed by atoms with E-state index < -0.39 is 0 Å². The first-order valence-corrected chi connectivity index (χ1v) is 11.3. The maximum atomic E-state index is 12.5. The van der Waals surface area contributed by atoms with Crippen molar-refractivity contribution in [2.75, 3.05) is 43.8 Å². The summed E-state index contributed by atoms with van der Waals surface area (Å²) in [7, 11) is 0. The average molecular weight is 435 g/mol. The fourth-order valence-electron chi connectivity index (χ4n) is 3.25. The Balaban J connectivity index is 1.36. The normalized spacial score (nSPS) is 14.2. The Bertz CT molecular complexity index is 829. The zero-order chi connectivity index (χ0) is 20.6. The number of ketones is 1. The number of nitrogens with zero attached hydrogens (tertiary/aromatic N) is 3. The van der Waals surface area contributed by atoms with Crippen LogP contribution in [0, 0.1) is 0 Å². The van der Waals surface area contributed by atoms with Gasteiger partial charge in [-0.2, -0.15) is 12.6 Å². The highest BCUT2D eigenvalue weighted by Gasteiger charge is 2.23. The van der Waals surface area contributed by atoms with Crippen molar-refractivity contribution in [1.29, 1.82) is 0 Å². The number of carbonyl (C=O) groups excluding carboxylic acids is 3. The van der Waals surface area contributed by atoms with Gasteiger partial charge in [0, 0.05) is 44.8 Å². The third-order valence-corrected chi connectivity index (χ3v) is 6.29. The van der Waals surface area contributed by atoms with Crippen LogP contribution in [0.15, 0.2) is 24.3 Å². The highest BCUT2D eigenvalue weighted by atomic mass is 32.1. The van der Waals surface area contributed by atoms with Gasteiger partial charge in [0.15, 0.2) is 5.13 Å². The largest absolute Gasteiger partial charge is 0.352 e. The van der Waals surface area contributed by atoms with Crippen LogP contribution in [0.25, 0.3) is 10.2 Å². The second-order valence-corrected chi connectivity index (χ2v) is 8.35. The lowest BCUT2D eigenvalue weighted by molar-refractivity contribution is -0.138. The molecule has 1 saturated heterocycles. The molecule has 0 unspecified atom stereocenters. The van der Waals surface area contributed by atoms with E-state index in [1.165, 1.54) is 11.3 Å². The molecule has 7 nitrogen and oxygen atoms in total. The summed E-state index contributed by atoms with van der Waals surface area (Å²) in [4.78, 5) is 44.1. The zero-order valence-corrected chi connectivity index (χ0v) is 18.0. The van der Waals surface area contributed by atoms with Crippen LogP contribution >= 0.6 is 24.0 Å². The molecule has 29 heavy (non-hydrogen) atoms. The third-order valence-electron chi connectivity index (χ3n) is 4.94. The average Bonchev–Trinajstić information content (AvgIpc) is 3.17.